The van der Waals surface area contributed by atoms with Gasteiger partial charge in [0.1, 0.15) is 12.4 Å². The van der Waals surface area contributed by atoms with E-state index in [4.69, 9.17) is 11.6 Å². The third-order valence-electron chi connectivity index (χ3n) is 4.83. The van der Waals surface area contributed by atoms with Gasteiger partial charge < -0.3 is 14.4 Å². The van der Waals surface area contributed by atoms with Gasteiger partial charge in [-0.1, -0.05) is 23.7 Å². The highest BCUT2D eigenvalue weighted by Crippen LogP contribution is 2.33. The van der Waals surface area contributed by atoms with Crippen molar-refractivity contribution in [2.45, 2.75) is 12.7 Å². The van der Waals surface area contributed by atoms with Crippen molar-refractivity contribution in [1.29, 1.82) is 0 Å². The molecular weight excluding hydrogens is 423 g/mol. The number of hydrogen-bond donors (Lipinski definition) is 1. The number of aliphatic hydroxyl groups excluding tert-OH is 1. The molecule has 1 aliphatic rings. The number of ketones is 1. The largest absolute Gasteiger partial charge is 0.507 e. The molecule has 0 unspecified atom stereocenters. The number of cyclic esters (lactones) is 1. The number of carbonyl (C=O) groups is 2. The third-order valence-corrected chi connectivity index (χ3v) is 5.06. The zero-order valence-corrected chi connectivity index (χ0v) is 15.9. The Hall–Kier alpha value is -3.26. The number of benzene rings is 2. The van der Waals surface area contributed by atoms with E-state index in [1.807, 2.05) is 0 Å². The minimum Gasteiger partial charge on any atom is -0.507 e. The van der Waals surface area contributed by atoms with Crippen LogP contribution in [0.3, 0.4) is 0 Å². The third kappa shape index (κ3) is 3.54. The molecule has 1 N–H and O–H groups in total. The Bertz CT molecular complexity index is 1210. The number of aliphatic hydroxyl groups is 1. The fourth-order valence-corrected chi connectivity index (χ4v) is 3.49. The van der Waals surface area contributed by atoms with Gasteiger partial charge >= 0.3 is 12.1 Å². The number of esters is 1. The second kappa shape index (κ2) is 7.21. The fourth-order valence-electron chi connectivity index (χ4n) is 3.32. The van der Waals surface area contributed by atoms with Crippen LogP contribution in [0, 0.1) is 0 Å². The molecule has 1 aliphatic heterocycles. The average molecular weight is 436 g/mol. The molecule has 154 valence electrons. The van der Waals surface area contributed by atoms with Gasteiger partial charge in [0.25, 0.3) is 5.78 Å². The highest BCUT2D eigenvalue weighted by atomic mass is 35.5. The summed E-state index contributed by atoms with van der Waals surface area (Å²) >= 11 is 6.08. The highest BCUT2D eigenvalue weighted by Gasteiger charge is 2.33. The predicted molar refractivity (Wildman–Crippen MR) is 103 cm³/mol. The molecule has 0 aliphatic carbocycles. The van der Waals surface area contributed by atoms with Crippen LogP contribution in [-0.2, 0) is 27.0 Å². The number of rotatable bonds is 3. The summed E-state index contributed by atoms with van der Waals surface area (Å²) in [5, 5.41) is 11.6. The number of carbonyl (C=O) groups excluding carboxylic acids is 2. The van der Waals surface area contributed by atoms with Crippen molar-refractivity contribution in [3.05, 3.63) is 75.9 Å². The van der Waals surface area contributed by atoms with E-state index in [1.54, 1.807) is 29.0 Å². The minimum atomic E-state index is -4.42. The number of halogens is 4. The summed E-state index contributed by atoms with van der Waals surface area (Å²) in [7, 11) is 0. The molecule has 1 aromatic heterocycles. The molecule has 0 spiro atoms. The number of ether oxygens (including phenoxy) is 1. The van der Waals surface area contributed by atoms with Gasteiger partial charge in [-0.05, 0) is 35.9 Å². The first-order valence-corrected chi connectivity index (χ1v) is 9.11. The van der Waals surface area contributed by atoms with Crippen molar-refractivity contribution in [1.82, 2.24) is 4.57 Å². The number of aromatic nitrogens is 1. The summed E-state index contributed by atoms with van der Waals surface area (Å²) in [6.45, 7) is -0.127. The molecule has 5 nitrogen and oxygen atoms in total. The summed E-state index contributed by atoms with van der Waals surface area (Å²) in [6, 6.07) is 9.66. The van der Waals surface area contributed by atoms with Gasteiger partial charge in [0.15, 0.2) is 0 Å². The molecule has 0 radical (unpaired) electrons. The van der Waals surface area contributed by atoms with Crippen LogP contribution in [0.2, 0.25) is 5.02 Å². The Kier molecular flexibility index (Phi) is 4.82. The molecule has 3 aromatic rings. The Morgan fingerprint density at radius 1 is 1.13 bits per heavy atom. The number of Topliss-reactive ketones (excluding diaryl/α,β-unsaturated/α-hetero) is 1. The summed E-state index contributed by atoms with van der Waals surface area (Å²) in [4.78, 5) is 23.3. The van der Waals surface area contributed by atoms with E-state index in [9.17, 15) is 27.9 Å². The lowest BCUT2D eigenvalue weighted by Gasteiger charge is -2.09. The first-order valence-electron chi connectivity index (χ1n) is 8.73. The molecule has 30 heavy (non-hydrogen) atoms. The maximum atomic E-state index is 12.8. The zero-order chi connectivity index (χ0) is 21.6. The predicted octanol–water partition coefficient (Wildman–Crippen LogP) is 4.76. The van der Waals surface area contributed by atoms with Crippen molar-refractivity contribution in [3.63, 3.8) is 0 Å². The van der Waals surface area contributed by atoms with Crippen LogP contribution in [0.25, 0.3) is 16.7 Å². The van der Waals surface area contributed by atoms with Gasteiger partial charge in [0.05, 0.1) is 11.1 Å². The first kappa shape index (κ1) is 20.0. The molecule has 0 amide bonds. The second-order valence-electron chi connectivity index (χ2n) is 6.76. The zero-order valence-electron chi connectivity index (χ0n) is 15.2. The Morgan fingerprint density at radius 2 is 1.83 bits per heavy atom. The Labute approximate surface area is 172 Å². The van der Waals surface area contributed by atoms with Gasteiger partial charge in [-0.2, -0.15) is 13.2 Å². The quantitative estimate of drug-likeness (QED) is 0.279. The highest BCUT2D eigenvalue weighted by molar-refractivity contribution is 6.43. The van der Waals surface area contributed by atoms with Crippen molar-refractivity contribution in [3.8, 4) is 0 Å². The van der Waals surface area contributed by atoms with E-state index in [2.05, 4.69) is 4.74 Å². The molecule has 2 heterocycles. The van der Waals surface area contributed by atoms with E-state index in [0.29, 0.717) is 21.5 Å². The first-order chi connectivity index (χ1) is 14.1. The van der Waals surface area contributed by atoms with Crippen LogP contribution in [0.15, 0.2) is 54.2 Å². The molecular formula is C21H13ClF3NO4. The molecule has 2 aromatic carbocycles. The summed E-state index contributed by atoms with van der Waals surface area (Å²) in [6.07, 6.45) is -2.87. The summed E-state index contributed by atoms with van der Waals surface area (Å²) in [5.41, 5.74) is 0.598. The number of fused-ring (bicyclic) bond motifs is 1. The van der Waals surface area contributed by atoms with Gasteiger partial charge in [-0.3, -0.25) is 4.79 Å². The van der Waals surface area contributed by atoms with Crippen LogP contribution in [0.5, 0.6) is 0 Å². The van der Waals surface area contributed by atoms with E-state index in [0.717, 1.165) is 12.1 Å². The smallest absolute Gasteiger partial charge is 0.416 e. The minimum absolute atomic E-state index is 0.159. The van der Waals surface area contributed by atoms with Gasteiger partial charge in [-0.15, -0.1) is 0 Å². The summed E-state index contributed by atoms with van der Waals surface area (Å²) in [5.74, 6) is -2.36. The van der Waals surface area contributed by atoms with Crippen LogP contribution in [0.1, 0.15) is 16.7 Å². The normalized spacial score (nSPS) is 16.3. The van der Waals surface area contributed by atoms with Crippen molar-refractivity contribution < 1.29 is 32.6 Å². The molecule has 0 saturated carbocycles. The molecule has 1 fully saturated rings. The summed E-state index contributed by atoms with van der Waals surface area (Å²) < 4.78 is 44.7. The molecule has 4 rings (SSSR count). The van der Waals surface area contributed by atoms with Crippen molar-refractivity contribution in [2.24, 2.45) is 0 Å². The van der Waals surface area contributed by atoms with Crippen LogP contribution in [-0.4, -0.2) is 28.0 Å². The fraction of sp³-hybridized carbons (Fsp3) is 0.143. The maximum absolute atomic E-state index is 12.8. The van der Waals surface area contributed by atoms with Gasteiger partial charge in [-0.25, -0.2) is 4.79 Å². The van der Waals surface area contributed by atoms with Gasteiger partial charge in [0.2, 0.25) is 0 Å². The van der Waals surface area contributed by atoms with E-state index >= 15 is 0 Å². The van der Waals surface area contributed by atoms with E-state index in [1.165, 1.54) is 12.1 Å². The molecule has 0 bridgehead atoms. The lowest BCUT2D eigenvalue weighted by molar-refractivity contribution is -0.146. The SMILES string of the molecule is O=C1OC/C(=C(/O)c2cn(Cc3ccc(C(F)(F)F)cc3)c3ccc(Cl)cc23)C1=O. The Morgan fingerprint density at radius 3 is 2.43 bits per heavy atom. The standard InChI is InChI=1S/C21H13ClF3NO4/c22-13-5-6-17-14(7-13)15(18(27)16-10-30-20(29)19(16)28)9-26(17)8-11-1-3-12(4-2-11)21(23,24)25/h1-7,9,27H,8,10H2/b18-16-. The Balaban J connectivity index is 1.78. The topological polar surface area (TPSA) is 68.5 Å². The monoisotopic (exact) mass is 435 g/mol. The number of alkyl halides is 3. The van der Waals surface area contributed by atoms with Crippen LogP contribution >= 0.6 is 11.6 Å². The molecule has 0 atom stereocenters. The van der Waals surface area contributed by atoms with Crippen molar-refractivity contribution in [2.75, 3.05) is 6.61 Å². The second-order valence-corrected chi connectivity index (χ2v) is 7.20. The lowest BCUT2D eigenvalue weighted by Crippen LogP contribution is -2.08. The van der Waals surface area contributed by atoms with E-state index in [-0.39, 0.29) is 24.3 Å². The van der Waals surface area contributed by atoms with E-state index < -0.39 is 29.3 Å². The van der Waals surface area contributed by atoms with Crippen molar-refractivity contribution >= 4 is 40.0 Å². The van der Waals surface area contributed by atoms with Crippen LogP contribution < -0.4 is 0 Å². The number of nitrogens with zero attached hydrogens (tertiary/aromatic N) is 1. The van der Waals surface area contributed by atoms with Crippen LogP contribution in [0.4, 0.5) is 13.2 Å². The molecule has 1 saturated heterocycles. The molecule has 9 heteroatoms. The number of hydrogen-bond acceptors (Lipinski definition) is 4. The lowest BCUT2D eigenvalue weighted by atomic mass is 10.1. The maximum Gasteiger partial charge on any atom is 0.416 e. The van der Waals surface area contributed by atoms with Gasteiger partial charge in [0, 0.05) is 34.2 Å². The average Bonchev–Trinajstić information content (AvgIpc) is 3.21.